The van der Waals surface area contributed by atoms with Crippen LogP contribution < -0.4 is 5.32 Å². The second-order valence-electron chi connectivity index (χ2n) is 7.36. The molecule has 0 aromatic heterocycles. The lowest BCUT2D eigenvalue weighted by Crippen LogP contribution is -2.45. The molecule has 1 N–H and O–H groups in total. The molecular weight excluding hydrogens is 236 g/mol. The molecule has 1 saturated carbocycles. The Labute approximate surface area is 119 Å². The number of nitrogens with one attached hydrogen (secondary N) is 1. The van der Waals surface area contributed by atoms with Gasteiger partial charge in [-0.15, -0.1) is 0 Å². The Morgan fingerprint density at radius 2 is 1.58 bits per heavy atom. The average molecular weight is 268 g/mol. The Hall–Kier alpha value is -0.120. The molecule has 3 nitrogen and oxygen atoms in total. The van der Waals surface area contributed by atoms with Crippen LogP contribution >= 0.6 is 0 Å². The lowest BCUT2D eigenvalue weighted by Gasteiger charge is -2.35. The minimum absolute atomic E-state index is 0.0254. The van der Waals surface area contributed by atoms with Gasteiger partial charge in [0.2, 0.25) is 0 Å². The Balaban J connectivity index is 1.62. The highest BCUT2D eigenvalue weighted by Crippen LogP contribution is 2.30. The van der Waals surface area contributed by atoms with Gasteiger partial charge in [0, 0.05) is 32.7 Å². The quantitative estimate of drug-likeness (QED) is 0.848. The molecule has 2 fully saturated rings. The van der Waals surface area contributed by atoms with E-state index in [2.05, 4.69) is 31.0 Å². The van der Waals surface area contributed by atoms with Gasteiger partial charge in [-0.05, 0) is 58.3 Å². The zero-order chi connectivity index (χ0) is 13.7. The van der Waals surface area contributed by atoms with Crippen molar-refractivity contribution in [3.05, 3.63) is 0 Å². The van der Waals surface area contributed by atoms with Gasteiger partial charge >= 0.3 is 0 Å². The van der Waals surface area contributed by atoms with E-state index >= 15 is 0 Å². The summed E-state index contributed by atoms with van der Waals surface area (Å²) in [6.07, 6.45) is 5.55. The van der Waals surface area contributed by atoms with Gasteiger partial charge in [0.1, 0.15) is 0 Å². The summed E-state index contributed by atoms with van der Waals surface area (Å²) in [6.45, 7) is 13.6. The molecule has 1 saturated heterocycles. The molecule has 0 atom stereocenters. The molecule has 0 unspecified atom stereocenters. The molecule has 0 bridgehead atoms. The third-order valence-electron chi connectivity index (χ3n) is 4.44. The van der Waals surface area contributed by atoms with Crippen LogP contribution in [0.5, 0.6) is 0 Å². The van der Waals surface area contributed by atoms with Crippen molar-refractivity contribution in [2.24, 2.45) is 11.8 Å². The van der Waals surface area contributed by atoms with E-state index in [9.17, 15) is 0 Å². The van der Waals surface area contributed by atoms with Crippen LogP contribution in [0.25, 0.3) is 0 Å². The highest BCUT2D eigenvalue weighted by atomic mass is 16.5. The average Bonchev–Trinajstić information content (AvgIpc) is 2.38. The zero-order valence-corrected chi connectivity index (χ0v) is 13.1. The molecule has 112 valence electrons. The number of rotatable bonds is 4. The summed E-state index contributed by atoms with van der Waals surface area (Å²) in [4.78, 5) is 2.65. The zero-order valence-electron chi connectivity index (χ0n) is 13.1. The van der Waals surface area contributed by atoms with Crippen molar-refractivity contribution < 1.29 is 4.74 Å². The van der Waals surface area contributed by atoms with E-state index in [0.29, 0.717) is 0 Å². The van der Waals surface area contributed by atoms with Gasteiger partial charge in [-0.3, -0.25) is 0 Å². The van der Waals surface area contributed by atoms with E-state index in [4.69, 9.17) is 4.74 Å². The molecule has 2 aliphatic rings. The molecule has 0 aromatic carbocycles. The molecule has 0 aromatic rings. The number of hydrogen-bond donors (Lipinski definition) is 1. The molecule has 1 aliphatic carbocycles. The van der Waals surface area contributed by atoms with Crippen molar-refractivity contribution in [3.63, 3.8) is 0 Å². The molecular formula is C16H32N2O. The largest absolute Gasteiger partial charge is 0.376 e. The maximum Gasteiger partial charge on any atom is 0.0598 e. The Morgan fingerprint density at radius 3 is 2.16 bits per heavy atom. The number of nitrogens with zero attached hydrogens (tertiary/aromatic N) is 1. The molecule has 1 aliphatic heterocycles. The molecule has 3 heteroatoms. The molecule has 0 amide bonds. The van der Waals surface area contributed by atoms with Crippen LogP contribution in [0.15, 0.2) is 0 Å². The Kier molecular flexibility index (Phi) is 5.67. The van der Waals surface area contributed by atoms with Gasteiger partial charge < -0.3 is 15.0 Å². The second-order valence-corrected chi connectivity index (χ2v) is 7.36. The normalized spacial score (nSPS) is 30.5. The first-order chi connectivity index (χ1) is 9.03. The highest BCUT2D eigenvalue weighted by molar-refractivity contribution is 4.77. The van der Waals surface area contributed by atoms with Crippen LogP contribution in [0.1, 0.15) is 46.5 Å². The number of ether oxygens (including phenoxy) is 1. The van der Waals surface area contributed by atoms with Crippen LogP contribution in [-0.2, 0) is 4.74 Å². The molecule has 0 spiro atoms. The van der Waals surface area contributed by atoms with Gasteiger partial charge in [-0.1, -0.05) is 0 Å². The van der Waals surface area contributed by atoms with Gasteiger partial charge in [0.15, 0.2) is 0 Å². The molecule has 19 heavy (non-hydrogen) atoms. The maximum atomic E-state index is 5.94. The minimum atomic E-state index is 0.0254. The van der Waals surface area contributed by atoms with Crippen molar-refractivity contribution in [1.82, 2.24) is 10.2 Å². The predicted molar refractivity (Wildman–Crippen MR) is 80.5 cm³/mol. The van der Waals surface area contributed by atoms with Crippen molar-refractivity contribution in [2.45, 2.75) is 52.1 Å². The summed E-state index contributed by atoms with van der Waals surface area (Å²) in [5.41, 5.74) is 0.0254. The summed E-state index contributed by atoms with van der Waals surface area (Å²) in [5.74, 6) is 1.74. The van der Waals surface area contributed by atoms with Crippen LogP contribution in [0.3, 0.4) is 0 Å². The van der Waals surface area contributed by atoms with Crippen LogP contribution in [-0.4, -0.2) is 49.8 Å². The number of hydrogen-bond acceptors (Lipinski definition) is 3. The Morgan fingerprint density at radius 1 is 1.00 bits per heavy atom. The lowest BCUT2D eigenvalue weighted by atomic mass is 9.82. The van der Waals surface area contributed by atoms with E-state index in [-0.39, 0.29) is 5.60 Å². The molecule has 0 radical (unpaired) electrons. The van der Waals surface area contributed by atoms with E-state index in [0.717, 1.165) is 18.4 Å². The lowest BCUT2D eigenvalue weighted by molar-refractivity contribution is -0.0309. The fourth-order valence-corrected chi connectivity index (χ4v) is 3.21. The van der Waals surface area contributed by atoms with Crippen LogP contribution in [0, 0.1) is 11.8 Å². The van der Waals surface area contributed by atoms with E-state index in [1.165, 1.54) is 58.4 Å². The fourth-order valence-electron chi connectivity index (χ4n) is 3.21. The summed E-state index contributed by atoms with van der Waals surface area (Å²) < 4.78 is 5.94. The third-order valence-corrected chi connectivity index (χ3v) is 4.44. The van der Waals surface area contributed by atoms with Crippen molar-refractivity contribution in [3.8, 4) is 0 Å². The summed E-state index contributed by atoms with van der Waals surface area (Å²) in [5, 5.41) is 3.43. The maximum absolute atomic E-state index is 5.94. The third kappa shape index (κ3) is 5.80. The standard InChI is InChI=1S/C16H32N2O/c1-16(2,3)19-13-15-6-4-14(5-7-15)12-18-10-8-17-9-11-18/h14-15,17H,4-13H2,1-3H3. The van der Waals surface area contributed by atoms with E-state index in [1.54, 1.807) is 0 Å². The smallest absolute Gasteiger partial charge is 0.0598 e. The van der Waals surface area contributed by atoms with Gasteiger partial charge in [0.25, 0.3) is 0 Å². The van der Waals surface area contributed by atoms with Crippen molar-refractivity contribution >= 4 is 0 Å². The highest BCUT2D eigenvalue weighted by Gasteiger charge is 2.24. The minimum Gasteiger partial charge on any atom is -0.376 e. The monoisotopic (exact) mass is 268 g/mol. The first-order valence-electron chi connectivity index (χ1n) is 8.10. The van der Waals surface area contributed by atoms with Gasteiger partial charge in [-0.2, -0.15) is 0 Å². The summed E-state index contributed by atoms with van der Waals surface area (Å²) >= 11 is 0. The Bertz CT molecular complexity index is 248. The van der Waals surface area contributed by atoms with Gasteiger partial charge in [0.05, 0.1) is 12.2 Å². The predicted octanol–water partition coefficient (Wildman–Crippen LogP) is 2.51. The van der Waals surface area contributed by atoms with E-state index in [1.807, 2.05) is 0 Å². The first-order valence-corrected chi connectivity index (χ1v) is 8.10. The fraction of sp³-hybridized carbons (Fsp3) is 1.00. The molecule has 1 heterocycles. The van der Waals surface area contributed by atoms with E-state index < -0.39 is 0 Å². The van der Waals surface area contributed by atoms with Crippen LogP contribution in [0.2, 0.25) is 0 Å². The first kappa shape index (κ1) is 15.3. The summed E-state index contributed by atoms with van der Waals surface area (Å²) in [6, 6.07) is 0. The second kappa shape index (κ2) is 7.05. The number of piperazine rings is 1. The summed E-state index contributed by atoms with van der Waals surface area (Å²) in [7, 11) is 0. The van der Waals surface area contributed by atoms with Crippen molar-refractivity contribution in [2.75, 3.05) is 39.3 Å². The van der Waals surface area contributed by atoms with Crippen LogP contribution in [0.4, 0.5) is 0 Å². The van der Waals surface area contributed by atoms with Crippen molar-refractivity contribution in [1.29, 1.82) is 0 Å². The topological polar surface area (TPSA) is 24.5 Å². The SMILES string of the molecule is CC(C)(C)OCC1CCC(CN2CCNCC2)CC1. The molecule has 2 rings (SSSR count). The van der Waals surface area contributed by atoms with Gasteiger partial charge in [-0.25, -0.2) is 0 Å².